The highest BCUT2D eigenvalue weighted by molar-refractivity contribution is 6.30. The molecule has 0 unspecified atom stereocenters. The molecular weight excluding hydrogens is 639 g/mol. The van der Waals surface area contributed by atoms with Crippen molar-refractivity contribution in [1.82, 2.24) is 0 Å². The third-order valence-electron chi connectivity index (χ3n) is 11.3. The van der Waals surface area contributed by atoms with E-state index in [-0.39, 0.29) is 0 Å². The fourth-order valence-corrected chi connectivity index (χ4v) is 9.08. The van der Waals surface area contributed by atoms with Crippen molar-refractivity contribution in [3.8, 4) is 66.8 Å². The average Bonchev–Trinajstić information content (AvgIpc) is 3.54. The predicted octanol–water partition coefficient (Wildman–Crippen LogP) is 14.2. The van der Waals surface area contributed by atoms with Gasteiger partial charge in [-0.3, -0.25) is 0 Å². The molecule has 2 N–H and O–H groups in total. The molecule has 0 aromatic heterocycles. The van der Waals surface area contributed by atoms with Crippen LogP contribution < -0.4 is 5.73 Å². The van der Waals surface area contributed by atoms with Crippen molar-refractivity contribution >= 4 is 48.8 Å². The summed E-state index contributed by atoms with van der Waals surface area (Å²) < 4.78 is 0. The molecule has 0 saturated heterocycles. The molecule has 1 heteroatoms. The van der Waals surface area contributed by atoms with Gasteiger partial charge >= 0.3 is 0 Å². The zero-order chi connectivity index (χ0) is 35.0. The summed E-state index contributed by atoms with van der Waals surface area (Å²) in [6.45, 7) is 0. The van der Waals surface area contributed by atoms with Gasteiger partial charge in [-0.25, -0.2) is 0 Å². The summed E-state index contributed by atoms with van der Waals surface area (Å²) in [5, 5.41) is 10.1. The van der Waals surface area contributed by atoms with Crippen LogP contribution in [-0.4, -0.2) is 0 Å². The number of nitrogens with two attached hydrogens (primary N) is 1. The third-order valence-corrected chi connectivity index (χ3v) is 11.3. The van der Waals surface area contributed by atoms with Gasteiger partial charge in [0, 0.05) is 5.69 Å². The number of nitrogen functional groups attached to an aromatic ring is 1. The Morgan fingerprint density at radius 2 is 0.698 bits per heavy atom. The van der Waals surface area contributed by atoms with Gasteiger partial charge in [-0.15, -0.1) is 0 Å². The molecule has 10 aromatic carbocycles. The van der Waals surface area contributed by atoms with Crippen LogP contribution in [-0.2, 0) is 0 Å². The van der Waals surface area contributed by atoms with Crippen molar-refractivity contribution < 1.29 is 0 Å². The molecule has 0 aliphatic heterocycles. The van der Waals surface area contributed by atoms with E-state index in [0.29, 0.717) is 0 Å². The van der Waals surface area contributed by atoms with Crippen LogP contribution >= 0.6 is 0 Å². The number of anilines is 1. The lowest BCUT2D eigenvalue weighted by Gasteiger charge is -2.22. The zero-order valence-corrected chi connectivity index (χ0v) is 29.0. The maximum absolute atomic E-state index is 6.21. The lowest BCUT2D eigenvalue weighted by molar-refractivity contribution is 1.60. The largest absolute Gasteiger partial charge is 0.399 e. The lowest BCUT2D eigenvalue weighted by Crippen LogP contribution is -1.94. The summed E-state index contributed by atoms with van der Waals surface area (Å²) in [6, 6.07) is 68.9. The second-order valence-corrected chi connectivity index (χ2v) is 14.2. The fraction of sp³-hybridized carbons (Fsp3) is 0. The lowest BCUT2D eigenvalue weighted by atomic mass is 9.81. The van der Waals surface area contributed by atoms with Crippen molar-refractivity contribution in [2.75, 3.05) is 5.73 Å². The highest BCUT2D eigenvalue weighted by Crippen LogP contribution is 2.59. The van der Waals surface area contributed by atoms with E-state index < -0.39 is 0 Å². The molecule has 0 spiro atoms. The molecule has 0 saturated carbocycles. The first-order chi connectivity index (χ1) is 26.2. The van der Waals surface area contributed by atoms with Gasteiger partial charge in [-0.2, -0.15) is 0 Å². The zero-order valence-electron chi connectivity index (χ0n) is 29.0. The maximum atomic E-state index is 6.21. The fourth-order valence-electron chi connectivity index (χ4n) is 9.08. The Hall–Kier alpha value is -6.96. The van der Waals surface area contributed by atoms with Gasteiger partial charge in [-0.05, 0) is 128 Å². The molecule has 246 valence electrons. The Kier molecular flexibility index (Phi) is 6.47. The van der Waals surface area contributed by atoms with E-state index in [1.807, 2.05) is 12.1 Å². The van der Waals surface area contributed by atoms with Crippen LogP contribution in [0.25, 0.3) is 110 Å². The summed E-state index contributed by atoms with van der Waals surface area (Å²) in [5.74, 6) is 0. The maximum Gasteiger partial charge on any atom is 0.0320 e. The van der Waals surface area contributed by atoms with Crippen LogP contribution in [0.4, 0.5) is 5.69 Å². The smallest absolute Gasteiger partial charge is 0.0320 e. The Labute approximate surface area is 308 Å². The second-order valence-electron chi connectivity index (χ2n) is 14.2. The van der Waals surface area contributed by atoms with Gasteiger partial charge in [0.15, 0.2) is 0 Å². The first kappa shape index (κ1) is 29.7. The van der Waals surface area contributed by atoms with Crippen LogP contribution in [0.5, 0.6) is 0 Å². The van der Waals surface area contributed by atoms with Crippen molar-refractivity contribution in [2.45, 2.75) is 0 Å². The van der Waals surface area contributed by atoms with Crippen molar-refractivity contribution in [2.24, 2.45) is 0 Å². The average molecular weight is 672 g/mol. The second kappa shape index (κ2) is 11.5. The molecule has 1 aliphatic carbocycles. The number of fused-ring (bicyclic) bond motifs is 6. The standard InChI is InChI=1S/C52H33N/c53-37-19-8-17-35(31-37)34-16-7-18-36(30-34)40-28-29-47-48-41(40)26-11-27-46(48)51-49(42-24-9-14-32-12-1-3-20-38(32)42)44-22-5-6-23-45(44)50(52(47)51)43-25-10-15-33-13-2-4-21-39(33)43/h1-31H,53H2. The Morgan fingerprint density at radius 1 is 0.264 bits per heavy atom. The summed E-state index contributed by atoms with van der Waals surface area (Å²) in [5.41, 5.74) is 22.0. The molecule has 0 fully saturated rings. The quantitative estimate of drug-likeness (QED) is 0.185. The Balaban J connectivity index is 1.28. The predicted molar refractivity (Wildman–Crippen MR) is 227 cm³/mol. The summed E-state index contributed by atoms with van der Waals surface area (Å²) >= 11 is 0. The Bertz CT molecular complexity index is 2990. The van der Waals surface area contributed by atoms with Crippen LogP contribution in [0, 0.1) is 0 Å². The van der Waals surface area contributed by atoms with Gasteiger partial charge in [0.2, 0.25) is 0 Å². The monoisotopic (exact) mass is 671 g/mol. The van der Waals surface area contributed by atoms with E-state index in [1.54, 1.807) is 0 Å². The minimum absolute atomic E-state index is 0.771. The van der Waals surface area contributed by atoms with Gasteiger partial charge in [0.1, 0.15) is 0 Å². The van der Waals surface area contributed by atoms with E-state index in [2.05, 4.69) is 176 Å². The molecule has 11 rings (SSSR count). The minimum atomic E-state index is 0.771. The first-order valence-electron chi connectivity index (χ1n) is 18.3. The molecule has 0 atom stereocenters. The number of benzene rings is 10. The molecule has 53 heavy (non-hydrogen) atoms. The van der Waals surface area contributed by atoms with Crippen LogP contribution in [0.1, 0.15) is 0 Å². The highest BCUT2D eigenvalue weighted by atomic mass is 14.5. The molecule has 1 aliphatic rings. The SMILES string of the molecule is Nc1cccc(-c2cccc(-c3ccc4c5c(cccc35)-c3c-4c(-c4cccc5ccccc45)c4ccccc4c3-c3cccc4ccccc34)c2)c1. The van der Waals surface area contributed by atoms with Crippen LogP contribution in [0.3, 0.4) is 0 Å². The van der Waals surface area contributed by atoms with Crippen molar-refractivity contribution in [3.63, 3.8) is 0 Å². The molecule has 0 radical (unpaired) electrons. The van der Waals surface area contributed by atoms with Crippen molar-refractivity contribution in [1.29, 1.82) is 0 Å². The van der Waals surface area contributed by atoms with Crippen molar-refractivity contribution in [3.05, 3.63) is 188 Å². The van der Waals surface area contributed by atoms with Gasteiger partial charge in [-0.1, -0.05) is 170 Å². The van der Waals surface area contributed by atoms with Gasteiger partial charge < -0.3 is 5.73 Å². The summed E-state index contributed by atoms with van der Waals surface area (Å²) in [6.07, 6.45) is 0. The molecule has 0 heterocycles. The number of rotatable bonds is 4. The molecule has 0 amide bonds. The van der Waals surface area contributed by atoms with Gasteiger partial charge in [0.25, 0.3) is 0 Å². The third kappa shape index (κ3) is 4.44. The summed E-state index contributed by atoms with van der Waals surface area (Å²) in [4.78, 5) is 0. The van der Waals surface area contributed by atoms with Crippen LogP contribution in [0.15, 0.2) is 188 Å². The van der Waals surface area contributed by atoms with E-state index in [9.17, 15) is 0 Å². The first-order valence-corrected chi connectivity index (χ1v) is 18.3. The number of hydrogen-bond acceptors (Lipinski definition) is 1. The van der Waals surface area contributed by atoms with E-state index in [4.69, 9.17) is 5.73 Å². The topological polar surface area (TPSA) is 26.0 Å². The van der Waals surface area contributed by atoms with E-state index in [1.165, 1.54) is 98.7 Å². The van der Waals surface area contributed by atoms with Crippen LogP contribution in [0.2, 0.25) is 0 Å². The molecule has 0 bridgehead atoms. The number of hydrogen-bond donors (Lipinski definition) is 1. The molecule has 10 aromatic rings. The summed E-state index contributed by atoms with van der Waals surface area (Å²) in [7, 11) is 0. The van der Waals surface area contributed by atoms with E-state index >= 15 is 0 Å². The highest BCUT2D eigenvalue weighted by Gasteiger charge is 2.32. The van der Waals surface area contributed by atoms with E-state index in [0.717, 1.165) is 16.8 Å². The molecular formula is C52H33N. The Morgan fingerprint density at radius 3 is 1.34 bits per heavy atom. The minimum Gasteiger partial charge on any atom is -0.399 e. The molecule has 1 nitrogen and oxygen atoms in total. The normalized spacial score (nSPS) is 11.8. The van der Waals surface area contributed by atoms with Gasteiger partial charge in [0.05, 0.1) is 0 Å².